The molecule has 0 aromatic heterocycles. The van der Waals surface area contributed by atoms with Crippen molar-refractivity contribution in [3.63, 3.8) is 0 Å². The van der Waals surface area contributed by atoms with Crippen molar-refractivity contribution in [2.24, 2.45) is 11.8 Å². The maximum absolute atomic E-state index is 12.1. The number of rotatable bonds is 4. The van der Waals surface area contributed by atoms with Gasteiger partial charge in [0, 0.05) is 6.54 Å². The average Bonchev–Trinajstić information content (AvgIpc) is 2.95. The Bertz CT molecular complexity index is 339. The van der Waals surface area contributed by atoms with Gasteiger partial charge in [0.25, 0.3) is 0 Å². The molecule has 2 N–H and O–H groups in total. The summed E-state index contributed by atoms with van der Waals surface area (Å²) >= 11 is 1.71. The van der Waals surface area contributed by atoms with E-state index in [4.69, 9.17) is 5.11 Å². The number of carbonyl (C=O) groups excluding carboxylic acids is 1. The van der Waals surface area contributed by atoms with Gasteiger partial charge in [-0.25, -0.2) is 0 Å². The zero-order valence-corrected chi connectivity index (χ0v) is 11.6. The van der Waals surface area contributed by atoms with E-state index in [0.29, 0.717) is 6.54 Å². The number of hydrogen-bond acceptors (Lipinski definition) is 3. The lowest BCUT2D eigenvalue weighted by molar-refractivity contribution is -0.143. The predicted octanol–water partition coefficient (Wildman–Crippen LogP) is 1.89. The third-order valence-electron chi connectivity index (χ3n) is 4.20. The van der Waals surface area contributed by atoms with Gasteiger partial charge in [-0.3, -0.25) is 9.59 Å². The van der Waals surface area contributed by atoms with Crippen LogP contribution in [0.25, 0.3) is 0 Å². The number of amides is 1. The van der Waals surface area contributed by atoms with Gasteiger partial charge in [-0.1, -0.05) is 6.42 Å². The fourth-order valence-corrected chi connectivity index (χ4v) is 4.21. The number of thioether (sulfide) groups is 1. The summed E-state index contributed by atoms with van der Waals surface area (Å²) in [6.45, 7) is 2.51. The summed E-state index contributed by atoms with van der Waals surface area (Å²) in [6.07, 6.45) is 4.65. The molecule has 1 aliphatic heterocycles. The van der Waals surface area contributed by atoms with Crippen LogP contribution >= 0.6 is 11.8 Å². The van der Waals surface area contributed by atoms with E-state index in [-0.39, 0.29) is 22.5 Å². The molecule has 1 amide bonds. The zero-order chi connectivity index (χ0) is 13.2. The van der Waals surface area contributed by atoms with Gasteiger partial charge >= 0.3 is 5.97 Å². The predicted molar refractivity (Wildman–Crippen MR) is 71.6 cm³/mol. The first-order chi connectivity index (χ1) is 8.53. The standard InChI is InChI=1S/C13H21NO3S/c1-13(6-3-7-18-13)12(17)14-8-9-4-2-5-10(9)11(15)16/h9-10H,2-8H2,1H3,(H,14,17)(H,15,16). The molecule has 18 heavy (non-hydrogen) atoms. The van der Waals surface area contributed by atoms with Crippen LogP contribution in [-0.2, 0) is 9.59 Å². The van der Waals surface area contributed by atoms with Crippen molar-refractivity contribution < 1.29 is 14.7 Å². The Morgan fingerprint density at radius 3 is 2.78 bits per heavy atom. The summed E-state index contributed by atoms with van der Waals surface area (Å²) < 4.78 is -0.294. The molecule has 3 unspecified atom stereocenters. The Kier molecular flexibility index (Phi) is 4.20. The fraction of sp³-hybridized carbons (Fsp3) is 0.846. The molecule has 1 aliphatic carbocycles. The summed E-state index contributed by atoms with van der Waals surface area (Å²) in [4.78, 5) is 23.2. The zero-order valence-electron chi connectivity index (χ0n) is 10.8. The quantitative estimate of drug-likeness (QED) is 0.819. The topological polar surface area (TPSA) is 66.4 Å². The Labute approximate surface area is 112 Å². The van der Waals surface area contributed by atoms with Gasteiger partial charge < -0.3 is 10.4 Å². The lowest BCUT2D eigenvalue weighted by Gasteiger charge is -2.23. The lowest BCUT2D eigenvalue weighted by atomic mass is 9.95. The summed E-state index contributed by atoms with van der Waals surface area (Å²) in [5.41, 5.74) is 0. The fourth-order valence-electron chi connectivity index (χ4n) is 2.98. The molecule has 0 bridgehead atoms. The van der Waals surface area contributed by atoms with Gasteiger partial charge in [0.2, 0.25) is 5.91 Å². The number of carboxylic acid groups (broad SMARTS) is 1. The minimum atomic E-state index is -0.715. The maximum atomic E-state index is 12.1. The average molecular weight is 271 g/mol. The van der Waals surface area contributed by atoms with E-state index < -0.39 is 5.97 Å². The number of nitrogens with one attached hydrogen (secondary N) is 1. The molecular formula is C13H21NO3S. The van der Waals surface area contributed by atoms with Gasteiger partial charge in [0.15, 0.2) is 0 Å². The first-order valence-electron chi connectivity index (χ1n) is 6.68. The molecule has 2 rings (SSSR count). The Balaban J connectivity index is 1.84. The third-order valence-corrected chi connectivity index (χ3v) is 5.72. The molecule has 1 saturated heterocycles. The number of carbonyl (C=O) groups is 2. The van der Waals surface area contributed by atoms with Crippen LogP contribution in [-0.4, -0.2) is 34.0 Å². The largest absolute Gasteiger partial charge is 0.481 e. The van der Waals surface area contributed by atoms with Crippen LogP contribution in [0.3, 0.4) is 0 Å². The Morgan fingerprint density at radius 1 is 1.39 bits per heavy atom. The van der Waals surface area contributed by atoms with Gasteiger partial charge in [0.1, 0.15) is 0 Å². The highest BCUT2D eigenvalue weighted by atomic mass is 32.2. The number of carboxylic acids is 1. The van der Waals surface area contributed by atoms with Crippen LogP contribution in [0.1, 0.15) is 39.0 Å². The van der Waals surface area contributed by atoms with Crippen LogP contribution in [0, 0.1) is 11.8 Å². The molecule has 1 saturated carbocycles. The molecule has 5 heteroatoms. The van der Waals surface area contributed by atoms with E-state index in [2.05, 4.69) is 5.32 Å². The molecule has 0 aromatic rings. The molecule has 0 aromatic carbocycles. The van der Waals surface area contributed by atoms with Crippen molar-refractivity contribution in [1.82, 2.24) is 5.32 Å². The van der Waals surface area contributed by atoms with Crippen LogP contribution in [0.2, 0.25) is 0 Å². The number of hydrogen-bond donors (Lipinski definition) is 2. The summed E-state index contributed by atoms with van der Waals surface area (Å²) in [5.74, 6) is 0.260. The van der Waals surface area contributed by atoms with E-state index >= 15 is 0 Å². The summed E-state index contributed by atoms with van der Waals surface area (Å²) in [5, 5.41) is 12.1. The highest BCUT2D eigenvalue weighted by Gasteiger charge is 2.38. The highest BCUT2D eigenvalue weighted by molar-refractivity contribution is 8.01. The molecule has 2 fully saturated rings. The first kappa shape index (κ1) is 13.7. The molecule has 1 heterocycles. The van der Waals surface area contributed by atoms with Gasteiger partial charge in [0.05, 0.1) is 10.7 Å². The van der Waals surface area contributed by atoms with E-state index in [1.54, 1.807) is 11.8 Å². The van der Waals surface area contributed by atoms with Gasteiger partial charge in [-0.15, -0.1) is 11.8 Å². The Hall–Kier alpha value is -0.710. The highest BCUT2D eigenvalue weighted by Crippen LogP contribution is 2.38. The van der Waals surface area contributed by atoms with Crippen LogP contribution < -0.4 is 5.32 Å². The minimum Gasteiger partial charge on any atom is -0.481 e. The molecule has 0 spiro atoms. The molecule has 4 nitrogen and oxygen atoms in total. The van der Waals surface area contributed by atoms with Crippen molar-refractivity contribution in [1.29, 1.82) is 0 Å². The van der Waals surface area contributed by atoms with Gasteiger partial charge in [-0.2, -0.15) is 0 Å². The van der Waals surface area contributed by atoms with E-state index in [1.807, 2.05) is 6.92 Å². The molecule has 2 aliphatic rings. The van der Waals surface area contributed by atoms with Crippen LogP contribution in [0.15, 0.2) is 0 Å². The van der Waals surface area contributed by atoms with Gasteiger partial charge in [-0.05, 0) is 44.3 Å². The third kappa shape index (κ3) is 2.82. The van der Waals surface area contributed by atoms with E-state index in [0.717, 1.165) is 37.9 Å². The molecular weight excluding hydrogens is 250 g/mol. The normalized spacial score (nSPS) is 35.6. The van der Waals surface area contributed by atoms with Crippen molar-refractivity contribution >= 4 is 23.6 Å². The number of aliphatic carboxylic acids is 1. The molecule has 0 radical (unpaired) electrons. The smallest absolute Gasteiger partial charge is 0.306 e. The lowest BCUT2D eigenvalue weighted by Crippen LogP contribution is -2.43. The monoisotopic (exact) mass is 271 g/mol. The molecule has 3 atom stereocenters. The Morgan fingerprint density at radius 2 is 2.17 bits per heavy atom. The SMILES string of the molecule is CC1(C(=O)NCC2CCCC2C(=O)O)CCCS1. The second-order valence-electron chi connectivity index (χ2n) is 5.53. The molecule has 102 valence electrons. The minimum absolute atomic E-state index is 0.0843. The van der Waals surface area contributed by atoms with E-state index in [9.17, 15) is 9.59 Å². The summed E-state index contributed by atoms with van der Waals surface area (Å²) in [6, 6.07) is 0. The van der Waals surface area contributed by atoms with Crippen LogP contribution in [0.5, 0.6) is 0 Å². The van der Waals surface area contributed by atoms with Crippen molar-refractivity contribution in [2.75, 3.05) is 12.3 Å². The van der Waals surface area contributed by atoms with Crippen molar-refractivity contribution in [3.8, 4) is 0 Å². The van der Waals surface area contributed by atoms with Crippen molar-refractivity contribution in [2.45, 2.75) is 43.8 Å². The maximum Gasteiger partial charge on any atom is 0.306 e. The first-order valence-corrected chi connectivity index (χ1v) is 7.66. The van der Waals surface area contributed by atoms with Crippen LogP contribution in [0.4, 0.5) is 0 Å². The summed E-state index contributed by atoms with van der Waals surface area (Å²) in [7, 11) is 0. The second kappa shape index (κ2) is 5.51. The van der Waals surface area contributed by atoms with Crippen molar-refractivity contribution in [3.05, 3.63) is 0 Å². The second-order valence-corrected chi connectivity index (χ2v) is 7.13. The van der Waals surface area contributed by atoms with E-state index in [1.165, 1.54) is 0 Å².